The third kappa shape index (κ3) is 5.27. The fourth-order valence-electron chi connectivity index (χ4n) is 5.65. The summed E-state index contributed by atoms with van der Waals surface area (Å²) in [5.41, 5.74) is 0.855. The maximum absolute atomic E-state index is 12.9. The van der Waals surface area contributed by atoms with E-state index in [4.69, 9.17) is 9.47 Å². The lowest BCUT2D eigenvalue weighted by Gasteiger charge is -2.48. The first-order valence-electron chi connectivity index (χ1n) is 11.9. The molecule has 0 bridgehead atoms. The Kier molecular flexibility index (Phi) is 7.32. The molecule has 0 amide bonds. The van der Waals surface area contributed by atoms with E-state index in [1.165, 1.54) is 12.0 Å². The minimum Gasteiger partial charge on any atom is -0.462 e. The fourth-order valence-corrected chi connectivity index (χ4v) is 5.65. The van der Waals surface area contributed by atoms with Gasteiger partial charge in [-0.2, -0.15) is 0 Å². The maximum atomic E-state index is 12.9. The van der Waals surface area contributed by atoms with Crippen molar-refractivity contribution in [3.63, 3.8) is 0 Å². The fraction of sp³-hybridized carbons (Fsp3) is 0.840. The Bertz CT molecular complexity index is 666. The van der Waals surface area contributed by atoms with E-state index in [1.807, 2.05) is 20.8 Å². The highest BCUT2D eigenvalue weighted by atomic mass is 16.6. The molecule has 1 aliphatic heterocycles. The van der Waals surface area contributed by atoms with Crippen LogP contribution in [0.1, 0.15) is 86.0 Å². The van der Waals surface area contributed by atoms with Crippen molar-refractivity contribution in [1.29, 1.82) is 0 Å². The van der Waals surface area contributed by atoms with Crippen LogP contribution in [-0.2, 0) is 19.1 Å². The van der Waals surface area contributed by atoms with Gasteiger partial charge in [-0.1, -0.05) is 25.5 Å². The summed E-state index contributed by atoms with van der Waals surface area (Å²) in [6, 6.07) is 0. The molecule has 3 rings (SSSR count). The summed E-state index contributed by atoms with van der Waals surface area (Å²) in [6.45, 7) is 10.4. The molecule has 0 radical (unpaired) electrons. The van der Waals surface area contributed by atoms with Crippen molar-refractivity contribution in [1.82, 2.24) is 0 Å². The van der Waals surface area contributed by atoms with Crippen LogP contribution in [0.4, 0.5) is 0 Å². The van der Waals surface area contributed by atoms with Crippen LogP contribution in [0.5, 0.6) is 0 Å². The van der Waals surface area contributed by atoms with Gasteiger partial charge in [0.25, 0.3) is 0 Å². The highest BCUT2D eigenvalue weighted by Crippen LogP contribution is 2.48. The first-order valence-corrected chi connectivity index (χ1v) is 11.9. The van der Waals surface area contributed by atoms with E-state index in [0.29, 0.717) is 30.1 Å². The summed E-state index contributed by atoms with van der Waals surface area (Å²) in [7, 11) is 0. The molecule has 0 aromatic carbocycles. The second kappa shape index (κ2) is 9.42. The maximum Gasteiger partial charge on any atom is 0.311 e. The van der Waals surface area contributed by atoms with Gasteiger partial charge < -0.3 is 14.6 Å². The molecule has 1 saturated heterocycles. The molecule has 2 aliphatic carbocycles. The molecule has 170 valence electrons. The van der Waals surface area contributed by atoms with Crippen molar-refractivity contribution in [3.05, 3.63) is 11.6 Å². The molecule has 5 nitrogen and oxygen atoms in total. The summed E-state index contributed by atoms with van der Waals surface area (Å²) in [6.07, 6.45) is 7.77. The number of fused-ring (bicyclic) bond motifs is 1. The van der Waals surface area contributed by atoms with Crippen molar-refractivity contribution in [2.24, 2.45) is 29.1 Å². The standard InChI is InChI=1S/C25H40O5/c1-6-25(4,5)24(28)30-21-12-15(2)11-17-8-7-16(3)20(23(17)21)10-9-19-13-18(26)14-22(27)29-19/h11,16-21,23,26H,6-10,12-14H2,1-5H3/t16-,17?,18+,19+,20-,21-,23-/m0/s1. The molecule has 0 spiro atoms. The summed E-state index contributed by atoms with van der Waals surface area (Å²) >= 11 is 0. The number of rotatable bonds is 6. The quantitative estimate of drug-likeness (QED) is 0.493. The van der Waals surface area contributed by atoms with Gasteiger partial charge >= 0.3 is 11.9 Å². The van der Waals surface area contributed by atoms with Gasteiger partial charge in [-0.25, -0.2) is 0 Å². The molecular weight excluding hydrogens is 380 g/mol. The summed E-state index contributed by atoms with van der Waals surface area (Å²) in [4.78, 5) is 24.6. The Morgan fingerprint density at radius 1 is 1.27 bits per heavy atom. The van der Waals surface area contributed by atoms with E-state index in [2.05, 4.69) is 19.9 Å². The van der Waals surface area contributed by atoms with E-state index in [1.54, 1.807) is 0 Å². The molecular formula is C25H40O5. The van der Waals surface area contributed by atoms with Gasteiger partial charge in [-0.05, 0) is 70.6 Å². The number of hydrogen-bond acceptors (Lipinski definition) is 5. The molecule has 30 heavy (non-hydrogen) atoms. The molecule has 1 N–H and O–H groups in total. The van der Waals surface area contributed by atoms with Gasteiger partial charge in [0.15, 0.2) is 0 Å². The predicted molar refractivity (Wildman–Crippen MR) is 116 cm³/mol. The number of esters is 2. The van der Waals surface area contributed by atoms with Crippen molar-refractivity contribution < 1.29 is 24.2 Å². The summed E-state index contributed by atoms with van der Waals surface area (Å²) in [5, 5.41) is 9.93. The zero-order chi connectivity index (χ0) is 22.1. The Hall–Kier alpha value is -1.36. The predicted octanol–water partition coefficient (Wildman–Crippen LogP) is 4.81. The van der Waals surface area contributed by atoms with Gasteiger partial charge in [0.1, 0.15) is 12.2 Å². The number of allylic oxidation sites excluding steroid dienone is 1. The Balaban J connectivity index is 1.74. The molecule has 0 aromatic heterocycles. The highest BCUT2D eigenvalue weighted by Gasteiger charge is 2.45. The van der Waals surface area contributed by atoms with Crippen LogP contribution in [0.3, 0.4) is 0 Å². The summed E-state index contributed by atoms with van der Waals surface area (Å²) in [5.74, 6) is 1.35. The van der Waals surface area contributed by atoms with Crippen LogP contribution in [0.2, 0.25) is 0 Å². The Morgan fingerprint density at radius 2 is 2.00 bits per heavy atom. The van der Waals surface area contributed by atoms with Crippen molar-refractivity contribution in [2.45, 2.75) is 104 Å². The van der Waals surface area contributed by atoms with Crippen LogP contribution >= 0.6 is 0 Å². The lowest BCUT2D eigenvalue weighted by Crippen LogP contribution is -2.46. The third-order valence-electron chi connectivity index (χ3n) is 7.88. The monoisotopic (exact) mass is 420 g/mol. The number of ether oxygens (including phenoxy) is 2. The number of aliphatic hydroxyl groups is 1. The van der Waals surface area contributed by atoms with E-state index >= 15 is 0 Å². The minimum absolute atomic E-state index is 0.0782. The number of hydrogen-bond donors (Lipinski definition) is 1. The molecule has 2 fully saturated rings. The molecule has 0 aromatic rings. The largest absolute Gasteiger partial charge is 0.462 e. The first kappa shape index (κ1) is 23.3. The number of aliphatic hydroxyl groups excluding tert-OH is 1. The van der Waals surface area contributed by atoms with Gasteiger partial charge in [0.05, 0.1) is 17.9 Å². The molecule has 7 atom stereocenters. The minimum atomic E-state index is -0.585. The van der Waals surface area contributed by atoms with Crippen LogP contribution in [-0.4, -0.2) is 35.4 Å². The van der Waals surface area contributed by atoms with Crippen molar-refractivity contribution in [2.75, 3.05) is 0 Å². The molecule has 3 aliphatic rings. The Labute approximate surface area is 181 Å². The topological polar surface area (TPSA) is 72.8 Å². The molecule has 5 heteroatoms. The van der Waals surface area contributed by atoms with E-state index in [0.717, 1.165) is 32.1 Å². The second-order valence-electron chi connectivity index (χ2n) is 10.6. The van der Waals surface area contributed by atoms with E-state index < -0.39 is 11.5 Å². The van der Waals surface area contributed by atoms with Crippen LogP contribution < -0.4 is 0 Å². The second-order valence-corrected chi connectivity index (χ2v) is 10.6. The number of cyclic esters (lactones) is 1. The lowest BCUT2D eigenvalue weighted by molar-refractivity contribution is -0.168. The number of carbonyl (C=O) groups excluding carboxylic acids is 2. The van der Waals surface area contributed by atoms with E-state index in [-0.39, 0.29) is 30.6 Å². The smallest absolute Gasteiger partial charge is 0.311 e. The highest BCUT2D eigenvalue weighted by molar-refractivity contribution is 5.76. The van der Waals surface area contributed by atoms with Gasteiger partial charge in [-0.3, -0.25) is 9.59 Å². The Morgan fingerprint density at radius 3 is 2.67 bits per heavy atom. The average Bonchev–Trinajstić information content (AvgIpc) is 2.66. The lowest BCUT2D eigenvalue weighted by atomic mass is 9.60. The van der Waals surface area contributed by atoms with E-state index in [9.17, 15) is 14.7 Å². The normalized spacial score (nSPS) is 37.1. The zero-order valence-corrected chi connectivity index (χ0v) is 19.4. The van der Waals surface area contributed by atoms with Crippen molar-refractivity contribution >= 4 is 11.9 Å². The average molecular weight is 421 g/mol. The summed E-state index contributed by atoms with van der Waals surface area (Å²) < 4.78 is 11.7. The number of carbonyl (C=O) groups is 2. The van der Waals surface area contributed by atoms with Crippen molar-refractivity contribution in [3.8, 4) is 0 Å². The zero-order valence-electron chi connectivity index (χ0n) is 19.4. The van der Waals surface area contributed by atoms with Crippen LogP contribution in [0.15, 0.2) is 11.6 Å². The van der Waals surface area contributed by atoms with Gasteiger partial charge in [-0.15, -0.1) is 0 Å². The molecule has 1 saturated carbocycles. The SMILES string of the molecule is CCC(C)(C)C(=O)O[C@H]1CC(C)=CC2CC[C@H](C)[C@H](CC[C@@H]3C[C@@H](O)CC(=O)O3)[C@H]21. The van der Waals surface area contributed by atoms with Gasteiger partial charge in [0.2, 0.25) is 0 Å². The first-order chi connectivity index (χ1) is 14.1. The molecule has 1 unspecified atom stereocenters. The van der Waals surface area contributed by atoms with Crippen LogP contribution in [0.25, 0.3) is 0 Å². The van der Waals surface area contributed by atoms with Crippen LogP contribution in [0, 0.1) is 29.1 Å². The van der Waals surface area contributed by atoms with Gasteiger partial charge in [0, 0.05) is 18.8 Å². The third-order valence-corrected chi connectivity index (χ3v) is 7.88. The molecule has 1 heterocycles.